The number of hydrogen-bond donors (Lipinski definition) is 2. The van der Waals surface area contributed by atoms with Gasteiger partial charge in [0.1, 0.15) is 0 Å². The van der Waals surface area contributed by atoms with Crippen LogP contribution in [0.4, 0.5) is 0 Å². The molecule has 3 N–H and O–H groups in total. The molecule has 1 aromatic carbocycles. The van der Waals surface area contributed by atoms with Crippen molar-refractivity contribution < 1.29 is 0 Å². The molecule has 1 aliphatic rings. The monoisotopic (exact) mass is 246 g/mol. The van der Waals surface area contributed by atoms with Gasteiger partial charge in [-0.2, -0.15) is 0 Å². The predicted molar refractivity (Wildman–Crippen MR) is 77.8 cm³/mol. The van der Waals surface area contributed by atoms with Gasteiger partial charge in [-0.25, -0.2) is 0 Å². The number of nitrogens with two attached hydrogens (primary N) is 1. The number of nitrogens with one attached hydrogen (secondary N) is 1. The molecule has 0 spiro atoms. The van der Waals surface area contributed by atoms with E-state index in [-0.39, 0.29) is 5.41 Å². The molecule has 0 saturated heterocycles. The van der Waals surface area contributed by atoms with Crippen molar-refractivity contribution in [3.05, 3.63) is 35.4 Å². The summed E-state index contributed by atoms with van der Waals surface area (Å²) < 4.78 is 0. The number of rotatable bonds is 6. The highest BCUT2D eigenvalue weighted by molar-refractivity contribution is 5.32. The van der Waals surface area contributed by atoms with Gasteiger partial charge in [0, 0.05) is 18.5 Å². The van der Waals surface area contributed by atoms with E-state index in [0.29, 0.717) is 5.41 Å². The van der Waals surface area contributed by atoms with Crippen LogP contribution in [0.1, 0.15) is 37.8 Å². The first-order valence-electron chi connectivity index (χ1n) is 6.96. The minimum atomic E-state index is 0.177. The summed E-state index contributed by atoms with van der Waals surface area (Å²) in [5.74, 6) is 0. The molecule has 0 radical (unpaired) electrons. The maximum atomic E-state index is 5.81. The fraction of sp³-hybridized carbons (Fsp3) is 0.625. The molecule has 0 heterocycles. The number of hydrogen-bond acceptors (Lipinski definition) is 2. The maximum absolute atomic E-state index is 5.81. The molecule has 1 aromatic rings. The van der Waals surface area contributed by atoms with Crippen molar-refractivity contribution in [3.63, 3.8) is 0 Å². The van der Waals surface area contributed by atoms with Gasteiger partial charge in [-0.15, -0.1) is 0 Å². The first kappa shape index (κ1) is 13.6. The van der Waals surface area contributed by atoms with Gasteiger partial charge in [0.15, 0.2) is 0 Å². The normalized spacial score (nSPS) is 17.8. The second-order valence-electron chi connectivity index (χ2n) is 6.51. The Balaban J connectivity index is 1.93. The van der Waals surface area contributed by atoms with Crippen LogP contribution in [0.15, 0.2) is 24.3 Å². The van der Waals surface area contributed by atoms with Crippen LogP contribution in [-0.2, 0) is 5.41 Å². The standard InChI is InChI=1S/C16H26N2/c1-13-6-4-5-7-14(13)15(2,3)11-18-12-16(10-17)8-9-16/h4-7,18H,8-12,17H2,1-3H3. The van der Waals surface area contributed by atoms with Crippen LogP contribution < -0.4 is 11.1 Å². The second-order valence-corrected chi connectivity index (χ2v) is 6.51. The first-order chi connectivity index (χ1) is 8.49. The Labute approximate surface area is 111 Å². The number of aryl methyl sites for hydroxylation is 1. The fourth-order valence-corrected chi connectivity index (χ4v) is 2.70. The highest BCUT2D eigenvalue weighted by atomic mass is 14.9. The molecule has 18 heavy (non-hydrogen) atoms. The molecule has 0 atom stereocenters. The van der Waals surface area contributed by atoms with Gasteiger partial charge in [-0.1, -0.05) is 38.1 Å². The summed E-state index contributed by atoms with van der Waals surface area (Å²) in [4.78, 5) is 0. The van der Waals surface area contributed by atoms with E-state index in [1.165, 1.54) is 24.0 Å². The van der Waals surface area contributed by atoms with Gasteiger partial charge in [0.05, 0.1) is 0 Å². The lowest BCUT2D eigenvalue weighted by molar-refractivity contribution is 0.409. The molecular formula is C16H26N2. The van der Waals surface area contributed by atoms with Crippen molar-refractivity contribution in [2.45, 2.75) is 39.0 Å². The summed E-state index contributed by atoms with van der Waals surface area (Å²) in [6.45, 7) is 9.72. The zero-order valence-electron chi connectivity index (χ0n) is 11.9. The molecule has 2 rings (SSSR count). The molecular weight excluding hydrogens is 220 g/mol. The molecule has 0 aliphatic heterocycles. The molecule has 2 nitrogen and oxygen atoms in total. The lowest BCUT2D eigenvalue weighted by Gasteiger charge is -2.28. The zero-order chi connectivity index (χ0) is 13.2. The lowest BCUT2D eigenvalue weighted by Crippen LogP contribution is -2.38. The molecule has 0 bridgehead atoms. The highest BCUT2D eigenvalue weighted by Gasteiger charge is 2.40. The summed E-state index contributed by atoms with van der Waals surface area (Å²) in [7, 11) is 0. The van der Waals surface area contributed by atoms with E-state index in [4.69, 9.17) is 5.73 Å². The van der Waals surface area contributed by atoms with Gasteiger partial charge < -0.3 is 11.1 Å². The van der Waals surface area contributed by atoms with Crippen LogP contribution in [0.3, 0.4) is 0 Å². The van der Waals surface area contributed by atoms with Crippen molar-refractivity contribution in [1.29, 1.82) is 0 Å². The Morgan fingerprint density at radius 3 is 2.50 bits per heavy atom. The van der Waals surface area contributed by atoms with E-state index in [9.17, 15) is 0 Å². The van der Waals surface area contributed by atoms with Crippen molar-refractivity contribution in [2.24, 2.45) is 11.1 Å². The van der Waals surface area contributed by atoms with Gasteiger partial charge in [-0.3, -0.25) is 0 Å². The third kappa shape index (κ3) is 2.93. The SMILES string of the molecule is Cc1ccccc1C(C)(C)CNCC1(CN)CC1. The van der Waals surface area contributed by atoms with Crippen LogP contribution in [0.5, 0.6) is 0 Å². The second kappa shape index (κ2) is 5.02. The molecule has 1 aliphatic carbocycles. The maximum Gasteiger partial charge on any atom is 0.00435 e. The Bertz CT molecular complexity index is 405. The van der Waals surface area contributed by atoms with Gasteiger partial charge in [-0.05, 0) is 42.9 Å². The summed E-state index contributed by atoms with van der Waals surface area (Å²) in [6.07, 6.45) is 2.59. The Kier molecular flexibility index (Phi) is 3.79. The van der Waals surface area contributed by atoms with E-state index in [1.807, 2.05) is 0 Å². The topological polar surface area (TPSA) is 38.0 Å². The van der Waals surface area contributed by atoms with Crippen LogP contribution in [-0.4, -0.2) is 19.6 Å². The Hall–Kier alpha value is -0.860. The van der Waals surface area contributed by atoms with E-state index in [1.54, 1.807) is 0 Å². The third-order valence-electron chi connectivity index (χ3n) is 4.33. The van der Waals surface area contributed by atoms with Crippen LogP contribution in [0, 0.1) is 12.3 Å². The molecule has 100 valence electrons. The zero-order valence-corrected chi connectivity index (χ0v) is 11.9. The minimum Gasteiger partial charge on any atom is -0.330 e. The van der Waals surface area contributed by atoms with Crippen LogP contribution in [0.2, 0.25) is 0 Å². The fourth-order valence-electron chi connectivity index (χ4n) is 2.70. The minimum absolute atomic E-state index is 0.177. The van der Waals surface area contributed by atoms with E-state index >= 15 is 0 Å². The van der Waals surface area contributed by atoms with Gasteiger partial charge in [0.2, 0.25) is 0 Å². The van der Waals surface area contributed by atoms with Crippen molar-refractivity contribution in [3.8, 4) is 0 Å². The summed E-state index contributed by atoms with van der Waals surface area (Å²) in [6, 6.07) is 8.68. The lowest BCUT2D eigenvalue weighted by atomic mass is 9.82. The van der Waals surface area contributed by atoms with Crippen LogP contribution in [0.25, 0.3) is 0 Å². The third-order valence-corrected chi connectivity index (χ3v) is 4.33. The smallest absolute Gasteiger partial charge is 0.00435 e. The first-order valence-corrected chi connectivity index (χ1v) is 6.96. The molecule has 2 heteroatoms. The molecule has 0 amide bonds. The highest BCUT2D eigenvalue weighted by Crippen LogP contribution is 2.43. The molecule has 1 saturated carbocycles. The summed E-state index contributed by atoms with van der Waals surface area (Å²) >= 11 is 0. The molecule has 0 unspecified atom stereocenters. The van der Waals surface area contributed by atoms with Crippen molar-refractivity contribution >= 4 is 0 Å². The van der Waals surface area contributed by atoms with Gasteiger partial charge in [0.25, 0.3) is 0 Å². The van der Waals surface area contributed by atoms with Crippen LogP contribution >= 0.6 is 0 Å². The Morgan fingerprint density at radius 2 is 1.94 bits per heavy atom. The summed E-state index contributed by atoms with van der Waals surface area (Å²) in [5.41, 5.74) is 9.23. The van der Waals surface area contributed by atoms with E-state index in [2.05, 4.69) is 50.4 Å². The van der Waals surface area contributed by atoms with Gasteiger partial charge >= 0.3 is 0 Å². The summed E-state index contributed by atoms with van der Waals surface area (Å²) in [5, 5.41) is 3.63. The Morgan fingerprint density at radius 1 is 1.28 bits per heavy atom. The average molecular weight is 246 g/mol. The quantitative estimate of drug-likeness (QED) is 0.809. The van der Waals surface area contributed by atoms with Crippen molar-refractivity contribution in [1.82, 2.24) is 5.32 Å². The predicted octanol–water partition coefficient (Wildman–Crippen LogP) is 2.60. The van der Waals surface area contributed by atoms with Crippen molar-refractivity contribution in [2.75, 3.05) is 19.6 Å². The molecule has 1 fully saturated rings. The molecule has 0 aromatic heterocycles. The number of benzene rings is 1. The van der Waals surface area contributed by atoms with E-state index < -0.39 is 0 Å². The largest absolute Gasteiger partial charge is 0.330 e. The average Bonchev–Trinajstić information content (AvgIpc) is 3.10. The van der Waals surface area contributed by atoms with E-state index in [0.717, 1.165) is 19.6 Å².